The smallest absolute Gasteiger partial charge is 0.0575 e. The monoisotopic (exact) mass is 170 g/mol. The van der Waals surface area contributed by atoms with Crippen molar-refractivity contribution >= 4 is 0 Å². The molecule has 0 amide bonds. The highest BCUT2D eigenvalue weighted by Gasteiger charge is 2.22. The van der Waals surface area contributed by atoms with E-state index in [-0.39, 0.29) is 0 Å². The zero-order chi connectivity index (χ0) is 8.97. The first kappa shape index (κ1) is 10.0. The van der Waals surface area contributed by atoms with Gasteiger partial charge in [0.2, 0.25) is 0 Å². The average Bonchev–Trinajstić information content (AvgIpc) is 2.06. The van der Waals surface area contributed by atoms with Crippen LogP contribution in [0.15, 0.2) is 0 Å². The number of ether oxygens (including phenoxy) is 1. The molecule has 1 nitrogen and oxygen atoms in total. The van der Waals surface area contributed by atoms with E-state index in [1.807, 2.05) is 0 Å². The van der Waals surface area contributed by atoms with Crippen LogP contribution in [0.2, 0.25) is 0 Å². The van der Waals surface area contributed by atoms with E-state index in [4.69, 9.17) is 4.74 Å². The Labute approximate surface area is 76.5 Å². The molecule has 12 heavy (non-hydrogen) atoms. The normalized spacial score (nSPS) is 31.0. The van der Waals surface area contributed by atoms with Gasteiger partial charge in [0.1, 0.15) is 0 Å². The Hall–Kier alpha value is -0.0400. The Kier molecular flexibility index (Phi) is 4.07. The third-order valence-electron chi connectivity index (χ3n) is 3.06. The first-order valence-corrected chi connectivity index (χ1v) is 5.35. The Morgan fingerprint density at radius 2 is 1.75 bits per heavy atom. The molecular weight excluding hydrogens is 148 g/mol. The second-order valence-corrected chi connectivity index (χ2v) is 4.24. The van der Waals surface area contributed by atoms with Crippen molar-refractivity contribution in [2.24, 2.45) is 11.8 Å². The van der Waals surface area contributed by atoms with E-state index in [2.05, 4.69) is 20.8 Å². The van der Waals surface area contributed by atoms with Gasteiger partial charge in [0.05, 0.1) is 6.10 Å². The van der Waals surface area contributed by atoms with Gasteiger partial charge in [0.25, 0.3) is 0 Å². The van der Waals surface area contributed by atoms with Gasteiger partial charge in [0, 0.05) is 6.61 Å². The molecule has 1 aliphatic carbocycles. The molecule has 1 rings (SSSR count). The standard InChI is InChI=1S/C11H22O/c1-4-12-11-7-5-10(6-8-11)9(2)3/h9-11H,4-8H2,1-3H3. The second kappa shape index (κ2) is 4.86. The Morgan fingerprint density at radius 3 is 2.17 bits per heavy atom. The van der Waals surface area contributed by atoms with Crippen LogP contribution in [-0.4, -0.2) is 12.7 Å². The topological polar surface area (TPSA) is 9.23 Å². The lowest BCUT2D eigenvalue weighted by molar-refractivity contribution is 0.0203. The highest BCUT2D eigenvalue weighted by molar-refractivity contribution is 4.74. The first-order chi connectivity index (χ1) is 5.74. The highest BCUT2D eigenvalue weighted by atomic mass is 16.5. The Bertz CT molecular complexity index is 112. The fraction of sp³-hybridized carbons (Fsp3) is 1.00. The maximum atomic E-state index is 5.61. The summed E-state index contributed by atoms with van der Waals surface area (Å²) in [6.07, 6.45) is 5.91. The summed E-state index contributed by atoms with van der Waals surface area (Å²) >= 11 is 0. The molecule has 0 radical (unpaired) electrons. The summed E-state index contributed by atoms with van der Waals surface area (Å²) < 4.78 is 5.61. The van der Waals surface area contributed by atoms with Gasteiger partial charge in [-0.2, -0.15) is 0 Å². The zero-order valence-corrected chi connectivity index (χ0v) is 8.68. The molecule has 0 N–H and O–H groups in total. The molecule has 0 aromatic rings. The molecule has 0 aliphatic heterocycles. The van der Waals surface area contributed by atoms with Crippen molar-refractivity contribution in [3.8, 4) is 0 Å². The van der Waals surface area contributed by atoms with Crippen LogP contribution in [0.5, 0.6) is 0 Å². The van der Waals surface area contributed by atoms with Crippen molar-refractivity contribution in [1.82, 2.24) is 0 Å². The van der Waals surface area contributed by atoms with Crippen molar-refractivity contribution in [3.05, 3.63) is 0 Å². The molecule has 0 spiro atoms. The van der Waals surface area contributed by atoms with Crippen LogP contribution in [0.3, 0.4) is 0 Å². The first-order valence-electron chi connectivity index (χ1n) is 5.35. The number of hydrogen-bond acceptors (Lipinski definition) is 1. The van der Waals surface area contributed by atoms with Crippen LogP contribution in [0.25, 0.3) is 0 Å². The number of rotatable bonds is 3. The average molecular weight is 170 g/mol. The molecule has 0 bridgehead atoms. The third-order valence-corrected chi connectivity index (χ3v) is 3.06. The summed E-state index contributed by atoms with van der Waals surface area (Å²) in [6.45, 7) is 7.66. The van der Waals surface area contributed by atoms with E-state index in [1.54, 1.807) is 0 Å². The van der Waals surface area contributed by atoms with E-state index >= 15 is 0 Å². The summed E-state index contributed by atoms with van der Waals surface area (Å²) in [5.41, 5.74) is 0. The minimum atomic E-state index is 0.574. The predicted molar refractivity (Wildman–Crippen MR) is 52.2 cm³/mol. The molecule has 0 heterocycles. The SMILES string of the molecule is CCOC1CCC(C(C)C)CC1. The molecule has 1 aliphatic rings. The van der Waals surface area contributed by atoms with Crippen LogP contribution in [0, 0.1) is 11.8 Å². The van der Waals surface area contributed by atoms with Gasteiger partial charge in [0.15, 0.2) is 0 Å². The summed E-state index contributed by atoms with van der Waals surface area (Å²) in [7, 11) is 0. The maximum Gasteiger partial charge on any atom is 0.0575 e. The predicted octanol–water partition coefficient (Wildman–Crippen LogP) is 3.24. The maximum absolute atomic E-state index is 5.61. The van der Waals surface area contributed by atoms with Gasteiger partial charge in [-0.05, 0) is 44.4 Å². The highest BCUT2D eigenvalue weighted by Crippen LogP contribution is 2.30. The van der Waals surface area contributed by atoms with Crippen LogP contribution in [0.1, 0.15) is 46.5 Å². The summed E-state index contributed by atoms with van der Waals surface area (Å²) in [5, 5.41) is 0. The lowest BCUT2D eigenvalue weighted by Crippen LogP contribution is -2.24. The summed E-state index contributed by atoms with van der Waals surface area (Å²) in [6, 6.07) is 0. The molecule has 1 fully saturated rings. The fourth-order valence-corrected chi connectivity index (χ4v) is 2.16. The molecule has 1 saturated carbocycles. The van der Waals surface area contributed by atoms with E-state index in [9.17, 15) is 0 Å². The molecule has 0 aromatic heterocycles. The molecule has 72 valence electrons. The fourth-order valence-electron chi connectivity index (χ4n) is 2.16. The molecule has 0 atom stereocenters. The largest absolute Gasteiger partial charge is 0.379 e. The van der Waals surface area contributed by atoms with Crippen LogP contribution in [-0.2, 0) is 4.74 Å². The van der Waals surface area contributed by atoms with E-state index in [0.29, 0.717) is 6.10 Å². The minimum absolute atomic E-state index is 0.574. The molecule has 0 unspecified atom stereocenters. The van der Waals surface area contributed by atoms with Crippen molar-refractivity contribution in [3.63, 3.8) is 0 Å². The molecule has 1 heteroatoms. The van der Waals surface area contributed by atoms with Gasteiger partial charge in [-0.3, -0.25) is 0 Å². The van der Waals surface area contributed by atoms with Crippen LogP contribution >= 0.6 is 0 Å². The molecule has 0 saturated heterocycles. The number of hydrogen-bond donors (Lipinski definition) is 0. The summed E-state index contributed by atoms with van der Waals surface area (Å²) in [4.78, 5) is 0. The van der Waals surface area contributed by atoms with Crippen molar-refractivity contribution in [2.45, 2.75) is 52.6 Å². The third kappa shape index (κ3) is 2.78. The van der Waals surface area contributed by atoms with Gasteiger partial charge >= 0.3 is 0 Å². The Morgan fingerprint density at radius 1 is 1.17 bits per heavy atom. The molecule has 0 aromatic carbocycles. The van der Waals surface area contributed by atoms with E-state index < -0.39 is 0 Å². The Balaban J connectivity index is 2.20. The van der Waals surface area contributed by atoms with Crippen molar-refractivity contribution in [1.29, 1.82) is 0 Å². The van der Waals surface area contributed by atoms with Gasteiger partial charge in [-0.1, -0.05) is 13.8 Å². The zero-order valence-electron chi connectivity index (χ0n) is 8.68. The van der Waals surface area contributed by atoms with Crippen molar-refractivity contribution < 1.29 is 4.74 Å². The van der Waals surface area contributed by atoms with Gasteiger partial charge in [-0.15, -0.1) is 0 Å². The molecular formula is C11H22O. The van der Waals surface area contributed by atoms with Gasteiger partial charge in [-0.25, -0.2) is 0 Å². The van der Waals surface area contributed by atoms with Crippen LogP contribution in [0.4, 0.5) is 0 Å². The van der Waals surface area contributed by atoms with E-state index in [0.717, 1.165) is 18.4 Å². The summed E-state index contributed by atoms with van der Waals surface area (Å²) in [5.74, 6) is 1.83. The van der Waals surface area contributed by atoms with Crippen molar-refractivity contribution in [2.75, 3.05) is 6.61 Å². The minimum Gasteiger partial charge on any atom is -0.379 e. The van der Waals surface area contributed by atoms with E-state index in [1.165, 1.54) is 25.7 Å². The second-order valence-electron chi connectivity index (χ2n) is 4.24. The quantitative estimate of drug-likeness (QED) is 0.632. The lowest BCUT2D eigenvalue weighted by Gasteiger charge is -2.30. The lowest BCUT2D eigenvalue weighted by atomic mass is 9.80. The van der Waals surface area contributed by atoms with Crippen LogP contribution < -0.4 is 0 Å². The van der Waals surface area contributed by atoms with Gasteiger partial charge < -0.3 is 4.74 Å².